The Hall–Kier alpha value is -8.38. The van der Waals surface area contributed by atoms with Crippen LogP contribution in [0, 0.1) is 36.1 Å². The molecule has 10 aromatic rings. The van der Waals surface area contributed by atoms with Gasteiger partial charge in [0.25, 0.3) is 0 Å². The zero-order chi connectivity index (χ0) is 43.2. The van der Waals surface area contributed by atoms with Gasteiger partial charge in [-0.3, -0.25) is 4.85 Å². The smallest absolute Gasteiger partial charge is 0.304 e. The fraction of sp³-hybridized carbons (Fsp3) is 0. The van der Waals surface area contributed by atoms with E-state index in [1.165, 1.54) is 0 Å². The molecule has 5 nitrogen and oxygen atoms in total. The molecule has 7 aromatic carbocycles. The maximum absolute atomic E-state index is 9.49. The van der Waals surface area contributed by atoms with Gasteiger partial charge in [-0.15, -0.1) is 89.5 Å². The SMILES string of the molecule is [C-]#[N+]c1cc[c-]c(-c2ccc(-c3ccccc3-c3cc(-c4ccccc4-c4ccc(-c5[c-]cccc5)nc4)cc(-c4ccccc4-c4ccc(-c5[c-]ccc(C#N)c5)nc4)c3)cn2)c1.[Ir+3]. The molecular formula is C59H34IrN5. The molecule has 0 aliphatic heterocycles. The number of nitrogens with zero attached hydrogens (tertiary/aromatic N) is 5. The van der Waals surface area contributed by atoms with Crippen LogP contribution in [0.4, 0.5) is 5.69 Å². The molecule has 0 N–H and O–H groups in total. The Bertz CT molecular complexity index is 3220. The van der Waals surface area contributed by atoms with Gasteiger partial charge >= 0.3 is 20.1 Å². The van der Waals surface area contributed by atoms with Gasteiger partial charge in [0, 0.05) is 18.6 Å². The summed E-state index contributed by atoms with van der Waals surface area (Å²) >= 11 is 0. The van der Waals surface area contributed by atoms with Crippen molar-refractivity contribution in [2.45, 2.75) is 0 Å². The minimum atomic E-state index is 0. The van der Waals surface area contributed by atoms with Crippen molar-refractivity contribution in [1.29, 1.82) is 5.26 Å². The first kappa shape index (κ1) is 41.9. The van der Waals surface area contributed by atoms with Gasteiger partial charge in [-0.1, -0.05) is 109 Å². The van der Waals surface area contributed by atoms with Gasteiger partial charge in [-0.05, 0) is 108 Å². The van der Waals surface area contributed by atoms with E-state index in [2.05, 4.69) is 144 Å². The summed E-state index contributed by atoms with van der Waals surface area (Å²) in [6.07, 6.45) is 5.74. The second-order valence-corrected chi connectivity index (χ2v) is 15.2. The van der Waals surface area contributed by atoms with E-state index in [9.17, 15) is 5.26 Å². The first-order valence-electron chi connectivity index (χ1n) is 20.7. The average Bonchev–Trinajstić information content (AvgIpc) is 3.39. The molecule has 304 valence electrons. The molecule has 0 atom stereocenters. The first-order valence-corrected chi connectivity index (χ1v) is 20.7. The molecule has 0 bridgehead atoms. The van der Waals surface area contributed by atoms with E-state index >= 15 is 0 Å². The molecule has 0 saturated heterocycles. The van der Waals surface area contributed by atoms with Crippen LogP contribution in [0.25, 0.3) is 105 Å². The summed E-state index contributed by atoms with van der Waals surface area (Å²) in [4.78, 5) is 18.2. The van der Waals surface area contributed by atoms with Crippen LogP contribution >= 0.6 is 0 Å². The van der Waals surface area contributed by atoms with E-state index in [0.29, 0.717) is 11.3 Å². The maximum atomic E-state index is 9.49. The molecule has 0 saturated carbocycles. The van der Waals surface area contributed by atoms with Crippen LogP contribution in [-0.2, 0) is 20.1 Å². The quantitative estimate of drug-likeness (QED) is 0.135. The summed E-state index contributed by atoms with van der Waals surface area (Å²) < 4.78 is 0. The van der Waals surface area contributed by atoms with Crippen molar-refractivity contribution in [3.8, 4) is 107 Å². The third-order valence-corrected chi connectivity index (χ3v) is 11.3. The Morgan fingerprint density at radius 3 is 1.20 bits per heavy atom. The molecule has 0 radical (unpaired) electrons. The van der Waals surface area contributed by atoms with Gasteiger partial charge in [0.2, 0.25) is 0 Å². The van der Waals surface area contributed by atoms with Crippen LogP contribution in [0.15, 0.2) is 207 Å². The molecule has 3 heterocycles. The van der Waals surface area contributed by atoms with E-state index in [1.807, 2.05) is 67.1 Å². The molecule has 0 fully saturated rings. The number of hydrogen-bond donors (Lipinski definition) is 0. The van der Waals surface area contributed by atoms with Crippen LogP contribution in [0.1, 0.15) is 5.56 Å². The molecular weight excluding hydrogens is 971 g/mol. The number of aromatic nitrogens is 3. The fourth-order valence-corrected chi connectivity index (χ4v) is 8.10. The van der Waals surface area contributed by atoms with Crippen molar-refractivity contribution >= 4 is 5.69 Å². The minimum Gasteiger partial charge on any atom is -0.304 e. The third-order valence-electron chi connectivity index (χ3n) is 11.3. The normalized spacial score (nSPS) is 10.6. The molecule has 10 rings (SSSR count). The van der Waals surface area contributed by atoms with Crippen molar-refractivity contribution in [2.75, 3.05) is 0 Å². The third kappa shape index (κ3) is 8.82. The molecule has 0 amide bonds. The van der Waals surface area contributed by atoms with Gasteiger partial charge < -0.3 is 15.0 Å². The molecule has 6 heteroatoms. The van der Waals surface area contributed by atoms with Crippen molar-refractivity contribution in [3.63, 3.8) is 0 Å². The largest absolute Gasteiger partial charge is 3.00 e. The summed E-state index contributed by atoms with van der Waals surface area (Å²) in [6.45, 7) is 7.47. The monoisotopic (exact) mass is 1010 g/mol. The van der Waals surface area contributed by atoms with Gasteiger partial charge in [-0.25, -0.2) is 0 Å². The number of pyridine rings is 3. The fourth-order valence-electron chi connectivity index (χ4n) is 8.10. The maximum Gasteiger partial charge on any atom is 3.00 e. The van der Waals surface area contributed by atoms with E-state index in [-0.39, 0.29) is 20.1 Å². The summed E-state index contributed by atoms with van der Waals surface area (Å²) in [7, 11) is 0. The molecule has 3 aromatic heterocycles. The van der Waals surface area contributed by atoms with Crippen LogP contribution in [0.2, 0.25) is 0 Å². The van der Waals surface area contributed by atoms with Gasteiger partial charge in [-0.2, -0.15) is 11.3 Å². The second-order valence-electron chi connectivity index (χ2n) is 15.2. The predicted molar refractivity (Wildman–Crippen MR) is 256 cm³/mol. The zero-order valence-electron chi connectivity index (χ0n) is 34.7. The van der Waals surface area contributed by atoms with Crippen LogP contribution < -0.4 is 0 Å². The number of hydrogen-bond acceptors (Lipinski definition) is 4. The number of nitriles is 1. The Labute approximate surface area is 392 Å². The molecule has 0 spiro atoms. The second kappa shape index (κ2) is 18.9. The average molecular weight is 1010 g/mol. The topological polar surface area (TPSA) is 66.8 Å². The van der Waals surface area contributed by atoms with Gasteiger partial charge in [0.1, 0.15) is 5.69 Å². The molecule has 0 unspecified atom stereocenters. The Morgan fingerprint density at radius 1 is 0.400 bits per heavy atom. The first-order chi connectivity index (χ1) is 31.6. The van der Waals surface area contributed by atoms with Gasteiger partial charge in [0.05, 0.1) is 12.6 Å². The summed E-state index contributed by atoms with van der Waals surface area (Å²) in [5, 5.41) is 9.49. The molecule has 0 aliphatic rings. The van der Waals surface area contributed by atoms with E-state index in [0.717, 1.165) is 101 Å². The van der Waals surface area contributed by atoms with Crippen LogP contribution in [0.5, 0.6) is 0 Å². The van der Waals surface area contributed by atoms with Crippen molar-refractivity contribution in [1.82, 2.24) is 15.0 Å². The molecule has 65 heavy (non-hydrogen) atoms. The Morgan fingerprint density at radius 2 is 0.800 bits per heavy atom. The number of rotatable bonds is 9. The van der Waals surface area contributed by atoms with Crippen molar-refractivity contribution < 1.29 is 20.1 Å². The van der Waals surface area contributed by atoms with E-state index in [4.69, 9.17) is 21.5 Å². The Balaban J connectivity index is 0.00000533. The zero-order valence-corrected chi connectivity index (χ0v) is 37.1. The minimum absolute atomic E-state index is 0. The van der Waals surface area contributed by atoms with Crippen molar-refractivity contribution in [2.24, 2.45) is 0 Å². The van der Waals surface area contributed by atoms with E-state index in [1.54, 1.807) is 24.3 Å². The standard InChI is InChI=1S/C59H34N5.Ir/c1-61-50-18-12-17-43(35-50)59-30-27-46(39-64-59)53-21-7-10-24-56(53)49-33-47(54-22-8-5-19-51(54)44-25-28-57(62-37-44)41-14-3-2-4-15-41)32-48(34-49)55-23-9-6-20-52(55)45-26-29-58(63-38-45)42-16-11-13-40(31-42)36-60;/h2-14,18-35,37-39H;/q-3;+3. The van der Waals surface area contributed by atoms with Crippen LogP contribution in [0.3, 0.4) is 0 Å². The predicted octanol–water partition coefficient (Wildman–Crippen LogP) is 14.7. The molecule has 0 aliphatic carbocycles. The van der Waals surface area contributed by atoms with E-state index < -0.39 is 0 Å². The number of benzene rings is 7. The van der Waals surface area contributed by atoms with Crippen LogP contribution in [-0.4, -0.2) is 15.0 Å². The summed E-state index contributed by atoms with van der Waals surface area (Å²) in [5.74, 6) is 0. The summed E-state index contributed by atoms with van der Waals surface area (Å²) in [5.41, 5.74) is 18.4. The Kier molecular flexibility index (Phi) is 12.2. The summed E-state index contributed by atoms with van der Waals surface area (Å²) in [6, 6.07) is 75.0. The van der Waals surface area contributed by atoms with Gasteiger partial charge in [0.15, 0.2) is 0 Å². The van der Waals surface area contributed by atoms with Crippen molar-refractivity contribution in [3.05, 3.63) is 242 Å².